The lowest BCUT2D eigenvalue weighted by atomic mass is 10.2. The van der Waals surface area contributed by atoms with Gasteiger partial charge in [-0.15, -0.1) is 0 Å². The molecule has 132 valence electrons. The first-order valence-electron chi connectivity index (χ1n) is 7.59. The molecule has 0 aliphatic carbocycles. The lowest BCUT2D eigenvalue weighted by Crippen LogP contribution is -2.23. The SMILES string of the molecule is O=C(NCc1ccccn1)c1ccnc(Nc2ccc(F)c(F)c2F)c1. The van der Waals surface area contributed by atoms with Gasteiger partial charge in [0.05, 0.1) is 17.9 Å². The molecule has 0 saturated carbocycles. The minimum absolute atomic E-state index is 0.111. The maximum Gasteiger partial charge on any atom is 0.251 e. The number of nitrogens with zero attached hydrogens (tertiary/aromatic N) is 2. The number of nitrogens with one attached hydrogen (secondary N) is 2. The quantitative estimate of drug-likeness (QED) is 0.685. The predicted molar refractivity (Wildman–Crippen MR) is 89.2 cm³/mol. The Morgan fingerprint density at radius 1 is 0.962 bits per heavy atom. The molecule has 5 nitrogen and oxygen atoms in total. The van der Waals surface area contributed by atoms with Gasteiger partial charge in [0.1, 0.15) is 5.82 Å². The van der Waals surface area contributed by atoms with Crippen LogP contribution in [0.3, 0.4) is 0 Å². The molecule has 3 aromatic rings. The Morgan fingerprint density at radius 2 is 1.81 bits per heavy atom. The Morgan fingerprint density at radius 3 is 2.58 bits per heavy atom. The number of carbonyl (C=O) groups is 1. The molecule has 1 aromatic carbocycles. The van der Waals surface area contributed by atoms with Crippen molar-refractivity contribution in [3.63, 3.8) is 0 Å². The highest BCUT2D eigenvalue weighted by atomic mass is 19.2. The normalized spacial score (nSPS) is 10.4. The van der Waals surface area contributed by atoms with Crippen LogP contribution in [0.4, 0.5) is 24.7 Å². The van der Waals surface area contributed by atoms with E-state index in [4.69, 9.17) is 0 Å². The summed E-state index contributed by atoms with van der Waals surface area (Å²) >= 11 is 0. The first kappa shape index (κ1) is 17.4. The Hall–Kier alpha value is -3.42. The summed E-state index contributed by atoms with van der Waals surface area (Å²) in [6, 6.07) is 10.0. The zero-order chi connectivity index (χ0) is 18.5. The number of carbonyl (C=O) groups excluding carboxylic acids is 1. The molecule has 0 radical (unpaired) electrons. The molecule has 2 N–H and O–H groups in total. The summed E-state index contributed by atoms with van der Waals surface area (Å²) in [6.45, 7) is 0.239. The molecule has 0 aliphatic heterocycles. The summed E-state index contributed by atoms with van der Waals surface area (Å²) in [7, 11) is 0. The third-order valence-corrected chi connectivity index (χ3v) is 3.48. The van der Waals surface area contributed by atoms with Crippen LogP contribution in [0.25, 0.3) is 0 Å². The second-order valence-electron chi connectivity index (χ2n) is 5.28. The number of hydrogen-bond acceptors (Lipinski definition) is 4. The molecule has 2 heterocycles. The zero-order valence-electron chi connectivity index (χ0n) is 13.3. The van der Waals surface area contributed by atoms with Gasteiger partial charge < -0.3 is 10.6 Å². The Bertz CT molecular complexity index is 935. The van der Waals surface area contributed by atoms with Gasteiger partial charge in [-0.1, -0.05) is 6.07 Å². The fourth-order valence-corrected chi connectivity index (χ4v) is 2.18. The van der Waals surface area contributed by atoms with E-state index < -0.39 is 17.5 Å². The van der Waals surface area contributed by atoms with E-state index >= 15 is 0 Å². The highest BCUT2D eigenvalue weighted by molar-refractivity contribution is 5.94. The average Bonchev–Trinajstić information content (AvgIpc) is 2.67. The smallest absolute Gasteiger partial charge is 0.251 e. The van der Waals surface area contributed by atoms with Gasteiger partial charge in [-0.2, -0.15) is 0 Å². The van der Waals surface area contributed by atoms with Crippen molar-refractivity contribution < 1.29 is 18.0 Å². The van der Waals surface area contributed by atoms with Crippen LogP contribution in [-0.4, -0.2) is 15.9 Å². The Balaban J connectivity index is 1.72. The van der Waals surface area contributed by atoms with Crippen LogP contribution in [0.15, 0.2) is 54.9 Å². The summed E-state index contributed by atoms with van der Waals surface area (Å²) in [5.74, 6) is -4.51. The number of benzene rings is 1. The van der Waals surface area contributed by atoms with E-state index in [0.29, 0.717) is 5.69 Å². The van der Waals surface area contributed by atoms with E-state index in [0.717, 1.165) is 12.1 Å². The number of halogens is 3. The third-order valence-electron chi connectivity index (χ3n) is 3.48. The number of rotatable bonds is 5. The maximum atomic E-state index is 13.7. The van der Waals surface area contributed by atoms with E-state index in [9.17, 15) is 18.0 Å². The molecular weight excluding hydrogens is 345 g/mol. The van der Waals surface area contributed by atoms with E-state index in [1.54, 1.807) is 24.4 Å². The van der Waals surface area contributed by atoms with E-state index in [2.05, 4.69) is 20.6 Å². The number of anilines is 2. The molecule has 8 heteroatoms. The molecular formula is C18H13F3N4O. The minimum Gasteiger partial charge on any atom is -0.346 e. The van der Waals surface area contributed by atoms with Crippen LogP contribution in [0, 0.1) is 17.5 Å². The standard InChI is InChI=1S/C18H13F3N4O/c19-13-4-5-14(17(21)16(13)20)25-15-9-11(6-8-23-15)18(26)24-10-12-3-1-2-7-22-12/h1-9H,10H2,(H,23,25)(H,24,26). The zero-order valence-corrected chi connectivity index (χ0v) is 13.3. The summed E-state index contributed by atoms with van der Waals surface area (Å²) in [5.41, 5.74) is 0.668. The first-order chi connectivity index (χ1) is 12.5. The second-order valence-corrected chi connectivity index (χ2v) is 5.28. The number of pyridine rings is 2. The average molecular weight is 358 g/mol. The molecule has 1 amide bonds. The summed E-state index contributed by atoms with van der Waals surface area (Å²) in [5, 5.41) is 5.22. The van der Waals surface area contributed by atoms with Gasteiger partial charge in [0.2, 0.25) is 0 Å². The predicted octanol–water partition coefficient (Wildman–Crippen LogP) is 3.57. The van der Waals surface area contributed by atoms with Crippen molar-refractivity contribution >= 4 is 17.4 Å². The number of hydrogen-bond donors (Lipinski definition) is 2. The van der Waals surface area contributed by atoms with Gasteiger partial charge >= 0.3 is 0 Å². The molecule has 0 fully saturated rings. The van der Waals surface area contributed by atoms with Crippen molar-refractivity contribution in [3.8, 4) is 0 Å². The molecule has 0 aliphatic rings. The van der Waals surface area contributed by atoms with E-state index in [1.165, 1.54) is 18.3 Å². The van der Waals surface area contributed by atoms with Crippen molar-refractivity contribution in [1.82, 2.24) is 15.3 Å². The fraction of sp³-hybridized carbons (Fsp3) is 0.0556. The van der Waals surface area contributed by atoms with Crippen molar-refractivity contribution in [1.29, 1.82) is 0 Å². The second kappa shape index (κ2) is 7.64. The molecule has 2 aromatic heterocycles. The number of aromatic nitrogens is 2. The van der Waals surface area contributed by atoms with Gasteiger partial charge in [-0.05, 0) is 36.4 Å². The fourth-order valence-electron chi connectivity index (χ4n) is 2.18. The van der Waals surface area contributed by atoms with Gasteiger partial charge in [-0.25, -0.2) is 18.2 Å². The molecule has 3 rings (SSSR count). The third kappa shape index (κ3) is 3.97. The van der Waals surface area contributed by atoms with Crippen LogP contribution in [-0.2, 0) is 6.54 Å². The Kier molecular flexibility index (Phi) is 5.12. The molecule has 0 saturated heterocycles. The van der Waals surface area contributed by atoms with Crippen LogP contribution in [0.1, 0.15) is 16.1 Å². The summed E-state index contributed by atoms with van der Waals surface area (Å²) in [6.07, 6.45) is 2.96. The van der Waals surface area contributed by atoms with Crippen LogP contribution < -0.4 is 10.6 Å². The minimum atomic E-state index is -1.58. The van der Waals surface area contributed by atoms with Crippen molar-refractivity contribution in [3.05, 3.63) is 83.6 Å². The lowest BCUT2D eigenvalue weighted by Gasteiger charge is -2.09. The molecule has 26 heavy (non-hydrogen) atoms. The molecule has 0 bridgehead atoms. The summed E-state index contributed by atoms with van der Waals surface area (Å²) in [4.78, 5) is 20.2. The largest absolute Gasteiger partial charge is 0.346 e. The van der Waals surface area contributed by atoms with Crippen LogP contribution >= 0.6 is 0 Å². The highest BCUT2D eigenvalue weighted by Gasteiger charge is 2.14. The van der Waals surface area contributed by atoms with Gasteiger partial charge in [-0.3, -0.25) is 9.78 Å². The van der Waals surface area contributed by atoms with E-state index in [-0.39, 0.29) is 29.5 Å². The maximum absolute atomic E-state index is 13.7. The first-order valence-corrected chi connectivity index (χ1v) is 7.59. The molecule has 0 atom stereocenters. The van der Waals surface area contributed by atoms with Gasteiger partial charge in [0.25, 0.3) is 5.91 Å². The van der Waals surface area contributed by atoms with Crippen molar-refractivity contribution in [2.75, 3.05) is 5.32 Å². The van der Waals surface area contributed by atoms with Crippen LogP contribution in [0.2, 0.25) is 0 Å². The van der Waals surface area contributed by atoms with E-state index in [1.807, 2.05) is 0 Å². The van der Waals surface area contributed by atoms with Crippen LogP contribution in [0.5, 0.6) is 0 Å². The lowest BCUT2D eigenvalue weighted by molar-refractivity contribution is 0.0950. The molecule has 0 spiro atoms. The summed E-state index contributed by atoms with van der Waals surface area (Å²) < 4.78 is 40.0. The van der Waals surface area contributed by atoms with Gasteiger partial charge in [0, 0.05) is 18.0 Å². The number of amides is 1. The van der Waals surface area contributed by atoms with Crippen molar-refractivity contribution in [2.24, 2.45) is 0 Å². The van der Waals surface area contributed by atoms with Gasteiger partial charge in [0.15, 0.2) is 17.5 Å². The topological polar surface area (TPSA) is 66.9 Å². The highest BCUT2D eigenvalue weighted by Crippen LogP contribution is 2.23. The Labute approximate surface area is 146 Å². The van der Waals surface area contributed by atoms with Crippen molar-refractivity contribution in [2.45, 2.75) is 6.54 Å². The monoisotopic (exact) mass is 358 g/mol. The molecule has 0 unspecified atom stereocenters.